The van der Waals surface area contributed by atoms with Gasteiger partial charge in [0.05, 0.1) is 10.7 Å². The fourth-order valence-electron chi connectivity index (χ4n) is 3.25. The zero-order valence-electron chi connectivity index (χ0n) is 16.6. The number of halogens is 4. The van der Waals surface area contributed by atoms with Gasteiger partial charge in [0.2, 0.25) is 0 Å². The predicted molar refractivity (Wildman–Crippen MR) is 133 cm³/mol. The number of aromatic nitrogens is 1. The minimum absolute atomic E-state index is 0.269. The molecule has 4 rings (SSSR count). The average Bonchev–Trinajstić information content (AvgIpc) is 2.78. The molecule has 0 unspecified atom stereocenters. The van der Waals surface area contributed by atoms with Gasteiger partial charge in [-0.3, -0.25) is 4.79 Å². The number of pyridine rings is 1. The van der Waals surface area contributed by atoms with Crippen LogP contribution in [0.4, 0.5) is 0 Å². The number of benzene rings is 3. The van der Waals surface area contributed by atoms with Crippen LogP contribution in [0.25, 0.3) is 22.4 Å². The number of amides is 1. The second kappa shape index (κ2) is 9.93. The van der Waals surface area contributed by atoms with Gasteiger partial charge in [0.15, 0.2) is 0 Å². The maximum Gasteiger partial charge on any atom is 0.270 e. The van der Waals surface area contributed by atoms with Crippen molar-refractivity contribution < 1.29 is 4.79 Å². The van der Waals surface area contributed by atoms with Crippen LogP contribution in [0.1, 0.15) is 16.1 Å². The Hall–Kier alpha value is -2.56. The molecule has 4 aromatic rings. The molecule has 32 heavy (non-hydrogen) atoms. The largest absolute Gasteiger partial charge is 0.347 e. The van der Waals surface area contributed by atoms with Gasteiger partial charge in [-0.2, -0.15) is 0 Å². The molecule has 0 radical (unpaired) electrons. The Morgan fingerprint density at radius 2 is 1.44 bits per heavy atom. The highest BCUT2D eigenvalue weighted by atomic mass is 35.5. The van der Waals surface area contributed by atoms with Crippen molar-refractivity contribution >= 4 is 52.3 Å². The summed E-state index contributed by atoms with van der Waals surface area (Å²) in [6.45, 7) is 0.330. The molecule has 0 bridgehead atoms. The molecule has 1 aromatic heterocycles. The van der Waals surface area contributed by atoms with Gasteiger partial charge in [-0.05, 0) is 65.7 Å². The first-order valence-electron chi connectivity index (χ1n) is 9.66. The molecule has 0 spiro atoms. The van der Waals surface area contributed by atoms with Crippen LogP contribution < -0.4 is 5.32 Å². The molecule has 3 nitrogen and oxygen atoms in total. The number of carbonyl (C=O) groups excluding carboxylic acids is 1. The molecule has 1 amide bonds. The third-order valence-corrected chi connectivity index (χ3v) is 5.85. The van der Waals surface area contributed by atoms with E-state index >= 15 is 0 Å². The van der Waals surface area contributed by atoms with Crippen molar-refractivity contribution in [1.29, 1.82) is 0 Å². The van der Waals surface area contributed by atoms with Crippen molar-refractivity contribution in [2.75, 3.05) is 0 Å². The van der Waals surface area contributed by atoms with E-state index in [1.54, 1.807) is 48.5 Å². The van der Waals surface area contributed by atoms with E-state index in [1.165, 1.54) is 0 Å². The standard InChI is InChI=1S/C25H16Cl4N2O/c26-17-6-4-16(5-7-17)20-10-11-23(25(32)30-14-15-2-1-3-18(27)12-15)31-24(20)21-9-8-19(28)13-22(21)29/h1-13H,14H2,(H,30,32). The smallest absolute Gasteiger partial charge is 0.270 e. The Morgan fingerprint density at radius 3 is 2.16 bits per heavy atom. The van der Waals surface area contributed by atoms with Crippen LogP contribution >= 0.6 is 46.4 Å². The Labute approximate surface area is 205 Å². The Kier molecular flexibility index (Phi) is 7.02. The number of nitrogens with one attached hydrogen (secondary N) is 1. The average molecular weight is 502 g/mol. The van der Waals surface area contributed by atoms with Crippen LogP contribution in [0.3, 0.4) is 0 Å². The highest BCUT2D eigenvalue weighted by molar-refractivity contribution is 6.36. The molecule has 0 saturated carbocycles. The van der Waals surface area contributed by atoms with E-state index in [-0.39, 0.29) is 11.6 Å². The zero-order valence-corrected chi connectivity index (χ0v) is 19.6. The van der Waals surface area contributed by atoms with Crippen LogP contribution in [0.2, 0.25) is 20.1 Å². The van der Waals surface area contributed by atoms with Crippen molar-refractivity contribution in [1.82, 2.24) is 10.3 Å². The van der Waals surface area contributed by atoms with Gasteiger partial charge in [-0.25, -0.2) is 4.98 Å². The molecule has 0 aliphatic rings. The molecular formula is C25H16Cl4N2O. The number of rotatable bonds is 5. The third kappa shape index (κ3) is 5.25. The molecular weight excluding hydrogens is 486 g/mol. The fourth-order valence-corrected chi connectivity index (χ4v) is 4.09. The summed E-state index contributed by atoms with van der Waals surface area (Å²) in [5.41, 5.74) is 4.12. The van der Waals surface area contributed by atoms with Gasteiger partial charge < -0.3 is 5.32 Å². The maximum atomic E-state index is 12.8. The van der Waals surface area contributed by atoms with E-state index < -0.39 is 0 Å². The minimum atomic E-state index is -0.307. The molecule has 3 aromatic carbocycles. The summed E-state index contributed by atoms with van der Waals surface area (Å²) in [6.07, 6.45) is 0. The van der Waals surface area contributed by atoms with Gasteiger partial charge in [0, 0.05) is 32.7 Å². The van der Waals surface area contributed by atoms with Crippen molar-refractivity contribution in [2.24, 2.45) is 0 Å². The van der Waals surface area contributed by atoms with Gasteiger partial charge in [0.25, 0.3) is 5.91 Å². The minimum Gasteiger partial charge on any atom is -0.347 e. The number of nitrogens with zero attached hydrogens (tertiary/aromatic N) is 1. The van der Waals surface area contributed by atoms with Crippen LogP contribution in [0, 0.1) is 0 Å². The highest BCUT2D eigenvalue weighted by Crippen LogP contribution is 2.36. The van der Waals surface area contributed by atoms with Crippen LogP contribution in [0.15, 0.2) is 78.9 Å². The van der Waals surface area contributed by atoms with E-state index in [0.29, 0.717) is 37.9 Å². The summed E-state index contributed by atoms with van der Waals surface area (Å²) in [5.74, 6) is -0.307. The molecule has 0 fully saturated rings. The van der Waals surface area contributed by atoms with Gasteiger partial charge >= 0.3 is 0 Å². The lowest BCUT2D eigenvalue weighted by molar-refractivity contribution is 0.0946. The molecule has 1 N–H and O–H groups in total. The molecule has 7 heteroatoms. The van der Waals surface area contributed by atoms with E-state index in [4.69, 9.17) is 46.4 Å². The van der Waals surface area contributed by atoms with Crippen LogP contribution in [-0.4, -0.2) is 10.9 Å². The normalized spacial score (nSPS) is 10.8. The van der Waals surface area contributed by atoms with Gasteiger partial charge in [0.1, 0.15) is 5.69 Å². The molecule has 1 heterocycles. The second-order valence-corrected chi connectivity index (χ2v) is 8.75. The van der Waals surface area contributed by atoms with Crippen molar-refractivity contribution in [2.45, 2.75) is 6.54 Å². The Balaban J connectivity index is 1.71. The fraction of sp³-hybridized carbons (Fsp3) is 0.0400. The lowest BCUT2D eigenvalue weighted by Gasteiger charge is -2.13. The predicted octanol–water partition coefficient (Wildman–Crippen LogP) is 7.96. The summed E-state index contributed by atoms with van der Waals surface area (Å²) in [6, 6.07) is 23.4. The summed E-state index contributed by atoms with van der Waals surface area (Å²) in [7, 11) is 0. The highest BCUT2D eigenvalue weighted by Gasteiger charge is 2.17. The Bertz CT molecular complexity index is 1290. The van der Waals surface area contributed by atoms with Crippen LogP contribution in [0.5, 0.6) is 0 Å². The zero-order chi connectivity index (χ0) is 22.7. The summed E-state index contributed by atoms with van der Waals surface area (Å²) in [5, 5.41) is 5.08. The lowest BCUT2D eigenvalue weighted by Crippen LogP contribution is -2.24. The topological polar surface area (TPSA) is 42.0 Å². The van der Waals surface area contributed by atoms with Crippen molar-refractivity contribution in [3.05, 3.63) is 110 Å². The van der Waals surface area contributed by atoms with Crippen molar-refractivity contribution in [3.8, 4) is 22.4 Å². The van der Waals surface area contributed by atoms with Crippen LogP contribution in [-0.2, 0) is 6.54 Å². The van der Waals surface area contributed by atoms with Gasteiger partial charge in [-0.15, -0.1) is 0 Å². The molecule has 0 atom stereocenters. The monoisotopic (exact) mass is 500 g/mol. The first-order chi connectivity index (χ1) is 15.4. The van der Waals surface area contributed by atoms with E-state index in [2.05, 4.69) is 10.3 Å². The van der Waals surface area contributed by atoms with Crippen molar-refractivity contribution in [3.63, 3.8) is 0 Å². The number of hydrogen-bond donors (Lipinski definition) is 1. The summed E-state index contributed by atoms with van der Waals surface area (Å²) in [4.78, 5) is 17.5. The number of carbonyl (C=O) groups is 1. The quantitative estimate of drug-likeness (QED) is 0.301. The summed E-state index contributed by atoms with van der Waals surface area (Å²) < 4.78 is 0. The third-order valence-electron chi connectivity index (χ3n) is 4.81. The molecule has 160 valence electrons. The van der Waals surface area contributed by atoms with Gasteiger partial charge in [-0.1, -0.05) is 70.7 Å². The molecule has 0 aliphatic carbocycles. The summed E-state index contributed by atoms with van der Waals surface area (Å²) >= 11 is 24.6. The first kappa shape index (κ1) is 22.6. The second-order valence-electron chi connectivity index (χ2n) is 7.04. The maximum absolute atomic E-state index is 12.8. The first-order valence-corrected chi connectivity index (χ1v) is 11.2. The Morgan fingerprint density at radius 1 is 0.750 bits per heavy atom. The lowest BCUT2D eigenvalue weighted by atomic mass is 9.98. The van der Waals surface area contributed by atoms with E-state index in [1.807, 2.05) is 30.3 Å². The molecule has 0 saturated heterocycles. The molecule has 0 aliphatic heterocycles. The number of hydrogen-bond acceptors (Lipinski definition) is 2. The van der Waals surface area contributed by atoms with E-state index in [9.17, 15) is 4.79 Å². The SMILES string of the molecule is O=C(NCc1cccc(Cl)c1)c1ccc(-c2ccc(Cl)cc2)c(-c2ccc(Cl)cc2Cl)n1. The van der Waals surface area contributed by atoms with E-state index in [0.717, 1.165) is 16.7 Å².